The zero-order valence-corrected chi connectivity index (χ0v) is 7.96. The Bertz CT molecular complexity index is 381. The third-order valence-corrected chi connectivity index (χ3v) is 1.90. The molecule has 0 aliphatic carbocycles. The lowest BCUT2D eigenvalue weighted by Crippen LogP contribution is -1.93. The monoisotopic (exact) mass is 171 g/mol. The number of terminal acetylenes is 1. The largest absolute Gasteiger partial charge is 0.392 e. The SMILES string of the molecule is C#C/C(N)=C\c1ccc(C)cc1C. The van der Waals surface area contributed by atoms with Gasteiger partial charge in [0.05, 0.1) is 5.70 Å². The Morgan fingerprint density at radius 3 is 2.69 bits per heavy atom. The van der Waals surface area contributed by atoms with Gasteiger partial charge < -0.3 is 5.73 Å². The van der Waals surface area contributed by atoms with E-state index in [0.29, 0.717) is 5.70 Å². The summed E-state index contributed by atoms with van der Waals surface area (Å²) in [6, 6.07) is 6.17. The van der Waals surface area contributed by atoms with Crippen LogP contribution >= 0.6 is 0 Å². The lowest BCUT2D eigenvalue weighted by Gasteiger charge is -2.01. The molecule has 0 atom stereocenters. The standard InChI is InChI=1S/C12H13N/c1-4-12(13)8-11-6-5-9(2)7-10(11)3/h1,5-8H,13H2,2-3H3/b12-8+. The normalized spacial score (nSPS) is 11.0. The highest BCUT2D eigenvalue weighted by atomic mass is 14.5. The van der Waals surface area contributed by atoms with E-state index < -0.39 is 0 Å². The Hall–Kier alpha value is -1.68. The second kappa shape index (κ2) is 3.82. The first-order valence-corrected chi connectivity index (χ1v) is 4.14. The van der Waals surface area contributed by atoms with Crippen molar-refractivity contribution in [2.75, 3.05) is 0 Å². The highest BCUT2D eigenvalue weighted by Gasteiger charge is 1.94. The number of rotatable bonds is 1. The molecule has 66 valence electrons. The van der Waals surface area contributed by atoms with Crippen LogP contribution in [0.25, 0.3) is 6.08 Å². The summed E-state index contributed by atoms with van der Waals surface area (Å²) >= 11 is 0. The Morgan fingerprint density at radius 2 is 2.15 bits per heavy atom. The van der Waals surface area contributed by atoms with Crippen LogP contribution in [0, 0.1) is 26.2 Å². The molecule has 1 aromatic rings. The minimum atomic E-state index is 0.465. The lowest BCUT2D eigenvalue weighted by atomic mass is 10.1. The Labute approximate surface area is 79.3 Å². The molecule has 2 N–H and O–H groups in total. The van der Waals surface area contributed by atoms with Crippen molar-refractivity contribution < 1.29 is 0 Å². The number of hydrogen-bond acceptors (Lipinski definition) is 1. The van der Waals surface area contributed by atoms with Gasteiger partial charge in [-0.15, -0.1) is 6.42 Å². The van der Waals surface area contributed by atoms with Crippen LogP contribution in [0.1, 0.15) is 16.7 Å². The van der Waals surface area contributed by atoms with Crippen LogP contribution in [0.3, 0.4) is 0 Å². The summed E-state index contributed by atoms with van der Waals surface area (Å²) in [6.45, 7) is 4.10. The molecule has 0 saturated carbocycles. The molecule has 0 unspecified atom stereocenters. The quantitative estimate of drug-likeness (QED) is 0.644. The molecular formula is C12H13N. The van der Waals surface area contributed by atoms with E-state index in [4.69, 9.17) is 12.2 Å². The van der Waals surface area contributed by atoms with Gasteiger partial charge in [-0.25, -0.2) is 0 Å². The van der Waals surface area contributed by atoms with Gasteiger partial charge in [0.25, 0.3) is 0 Å². The molecule has 0 aromatic heterocycles. The first kappa shape index (κ1) is 9.41. The smallest absolute Gasteiger partial charge is 0.0830 e. The van der Waals surface area contributed by atoms with E-state index in [1.165, 1.54) is 11.1 Å². The van der Waals surface area contributed by atoms with Gasteiger partial charge >= 0.3 is 0 Å². The second-order valence-electron chi connectivity index (χ2n) is 3.10. The van der Waals surface area contributed by atoms with Gasteiger partial charge in [0.15, 0.2) is 0 Å². The number of allylic oxidation sites excluding steroid dienone is 1. The maximum absolute atomic E-state index is 5.54. The van der Waals surface area contributed by atoms with E-state index in [2.05, 4.69) is 18.9 Å². The molecule has 0 amide bonds. The number of aryl methyl sites for hydroxylation is 2. The summed E-state index contributed by atoms with van der Waals surface area (Å²) in [6.07, 6.45) is 6.97. The summed E-state index contributed by atoms with van der Waals surface area (Å²) in [7, 11) is 0. The highest BCUT2D eigenvalue weighted by molar-refractivity contribution is 5.59. The van der Waals surface area contributed by atoms with Crippen LogP contribution in [0.4, 0.5) is 0 Å². The fourth-order valence-corrected chi connectivity index (χ4v) is 1.20. The molecule has 0 saturated heterocycles. The maximum Gasteiger partial charge on any atom is 0.0830 e. The molecule has 0 heterocycles. The van der Waals surface area contributed by atoms with Crippen LogP contribution in [-0.2, 0) is 0 Å². The van der Waals surface area contributed by atoms with Crippen molar-refractivity contribution in [1.82, 2.24) is 0 Å². The summed E-state index contributed by atoms with van der Waals surface area (Å²) in [5.74, 6) is 2.39. The van der Waals surface area contributed by atoms with E-state index in [9.17, 15) is 0 Å². The van der Waals surface area contributed by atoms with E-state index >= 15 is 0 Å². The van der Waals surface area contributed by atoms with Gasteiger partial charge in [-0.3, -0.25) is 0 Å². The molecule has 0 aliphatic heterocycles. The third kappa shape index (κ3) is 2.38. The molecule has 1 nitrogen and oxygen atoms in total. The van der Waals surface area contributed by atoms with Crippen LogP contribution in [-0.4, -0.2) is 0 Å². The van der Waals surface area contributed by atoms with Gasteiger partial charge in [-0.1, -0.05) is 29.7 Å². The highest BCUT2D eigenvalue weighted by Crippen LogP contribution is 2.12. The first-order chi connectivity index (χ1) is 6.13. The lowest BCUT2D eigenvalue weighted by molar-refractivity contribution is 1.36. The van der Waals surface area contributed by atoms with E-state index in [1.54, 1.807) is 0 Å². The Kier molecular flexibility index (Phi) is 2.76. The predicted molar refractivity (Wildman–Crippen MR) is 56.9 cm³/mol. The molecule has 0 radical (unpaired) electrons. The van der Waals surface area contributed by atoms with Crippen molar-refractivity contribution in [3.63, 3.8) is 0 Å². The van der Waals surface area contributed by atoms with Crippen molar-refractivity contribution in [2.24, 2.45) is 5.73 Å². The van der Waals surface area contributed by atoms with E-state index in [0.717, 1.165) is 5.56 Å². The fraction of sp³-hybridized carbons (Fsp3) is 0.167. The third-order valence-electron chi connectivity index (χ3n) is 1.90. The first-order valence-electron chi connectivity index (χ1n) is 4.14. The molecule has 1 aromatic carbocycles. The van der Waals surface area contributed by atoms with Crippen molar-refractivity contribution in [1.29, 1.82) is 0 Å². The second-order valence-corrected chi connectivity index (χ2v) is 3.10. The molecule has 0 spiro atoms. The molecule has 0 aliphatic rings. The summed E-state index contributed by atoms with van der Waals surface area (Å²) in [5, 5.41) is 0. The van der Waals surface area contributed by atoms with Crippen molar-refractivity contribution >= 4 is 6.08 Å². The average Bonchev–Trinajstić information content (AvgIpc) is 2.09. The van der Waals surface area contributed by atoms with Gasteiger partial charge in [0.1, 0.15) is 0 Å². The minimum Gasteiger partial charge on any atom is -0.392 e. The van der Waals surface area contributed by atoms with Crippen LogP contribution < -0.4 is 5.73 Å². The number of nitrogens with two attached hydrogens (primary N) is 1. The van der Waals surface area contributed by atoms with Gasteiger partial charge in [-0.2, -0.15) is 0 Å². The van der Waals surface area contributed by atoms with Gasteiger partial charge in [-0.05, 0) is 31.1 Å². The molecular weight excluding hydrogens is 158 g/mol. The van der Waals surface area contributed by atoms with Crippen molar-refractivity contribution in [3.8, 4) is 12.3 Å². The zero-order chi connectivity index (χ0) is 9.84. The molecule has 13 heavy (non-hydrogen) atoms. The summed E-state index contributed by atoms with van der Waals surface area (Å²) in [5.41, 5.74) is 9.52. The topological polar surface area (TPSA) is 26.0 Å². The van der Waals surface area contributed by atoms with Crippen LogP contribution in [0.15, 0.2) is 23.9 Å². The van der Waals surface area contributed by atoms with Gasteiger partial charge in [0, 0.05) is 0 Å². The molecule has 0 bridgehead atoms. The molecule has 1 heteroatoms. The number of hydrogen-bond donors (Lipinski definition) is 1. The fourth-order valence-electron chi connectivity index (χ4n) is 1.20. The summed E-state index contributed by atoms with van der Waals surface area (Å²) < 4.78 is 0. The van der Waals surface area contributed by atoms with Crippen molar-refractivity contribution in [3.05, 3.63) is 40.6 Å². The van der Waals surface area contributed by atoms with E-state index in [-0.39, 0.29) is 0 Å². The molecule has 1 rings (SSSR count). The van der Waals surface area contributed by atoms with Crippen LogP contribution in [0.5, 0.6) is 0 Å². The van der Waals surface area contributed by atoms with Crippen molar-refractivity contribution in [2.45, 2.75) is 13.8 Å². The zero-order valence-electron chi connectivity index (χ0n) is 7.96. The summed E-state index contributed by atoms with van der Waals surface area (Å²) in [4.78, 5) is 0. The number of benzene rings is 1. The maximum atomic E-state index is 5.54. The van der Waals surface area contributed by atoms with Crippen LogP contribution in [0.2, 0.25) is 0 Å². The average molecular weight is 171 g/mol. The molecule has 0 fully saturated rings. The van der Waals surface area contributed by atoms with E-state index in [1.807, 2.05) is 25.1 Å². The predicted octanol–water partition coefficient (Wildman–Crippen LogP) is 2.24. The Morgan fingerprint density at radius 1 is 1.46 bits per heavy atom. The minimum absolute atomic E-state index is 0.465. The Balaban J connectivity index is 3.12. The van der Waals surface area contributed by atoms with Gasteiger partial charge in [0.2, 0.25) is 0 Å².